The molecule has 26 heavy (non-hydrogen) atoms. The molecule has 1 fully saturated rings. The van der Waals surface area contributed by atoms with Crippen LogP contribution in [0.25, 0.3) is 0 Å². The van der Waals surface area contributed by atoms with Crippen LogP contribution in [0.4, 0.5) is 0 Å². The molecule has 1 aliphatic heterocycles. The van der Waals surface area contributed by atoms with Crippen LogP contribution < -0.4 is 5.32 Å². The lowest BCUT2D eigenvalue weighted by Crippen LogP contribution is -2.24. The Hall–Kier alpha value is -1.86. The minimum absolute atomic E-state index is 0.0555. The molecule has 0 radical (unpaired) electrons. The molecule has 1 saturated heterocycles. The molecular formula is C19H25N3O3S. The lowest BCUT2D eigenvalue weighted by molar-refractivity contribution is -0.120. The molecule has 2 heterocycles. The Morgan fingerprint density at radius 1 is 1.27 bits per heavy atom. The Morgan fingerprint density at radius 3 is 2.69 bits per heavy atom. The van der Waals surface area contributed by atoms with Gasteiger partial charge in [0.05, 0.1) is 13.0 Å². The van der Waals surface area contributed by atoms with Gasteiger partial charge < -0.3 is 14.6 Å². The third-order valence-electron chi connectivity index (χ3n) is 4.17. The number of hydrogen-bond acceptors (Lipinski definition) is 6. The molecule has 6 nitrogen and oxygen atoms in total. The minimum atomic E-state index is -0.0555. The third-order valence-corrected chi connectivity index (χ3v) is 5.18. The minimum Gasteiger partial charge on any atom is -0.381 e. The standard InChI is InChI=1S/C19H25N3O3S/c1-13(2)26-16-5-3-14(4-6-16)11-17(23)20-12-18-21-19(22-25-18)15-7-9-24-10-8-15/h3-6,13,15H,7-12H2,1-2H3,(H,20,23). The number of nitrogens with one attached hydrogen (secondary N) is 1. The van der Waals surface area contributed by atoms with E-state index >= 15 is 0 Å². The summed E-state index contributed by atoms with van der Waals surface area (Å²) in [6.45, 7) is 6.06. The fourth-order valence-electron chi connectivity index (χ4n) is 2.84. The van der Waals surface area contributed by atoms with E-state index in [1.54, 1.807) is 0 Å². The molecule has 1 N–H and O–H groups in total. The summed E-state index contributed by atoms with van der Waals surface area (Å²) in [7, 11) is 0. The van der Waals surface area contributed by atoms with Crippen molar-refractivity contribution in [3.8, 4) is 0 Å². The van der Waals surface area contributed by atoms with Gasteiger partial charge in [-0.3, -0.25) is 4.79 Å². The van der Waals surface area contributed by atoms with Crippen molar-refractivity contribution in [1.29, 1.82) is 0 Å². The molecule has 0 aliphatic carbocycles. The second kappa shape index (κ2) is 9.19. The molecule has 1 aromatic heterocycles. The largest absolute Gasteiger partial charge is 0.381 e. The van der Waals surface area contributed by atoms with Crippen LogP contribution in [0.3, 0.4) is 0 Å². The summed E-state index contributed by atoms with van der Waals surface area (Å²) in [4.78, 5) is 17.8. The highest BCUT2D eigenvalue weighted by molar-refractivity contribution is 7.99. The van der Waals surface area contributed by atoms with Crippen LogP contribution in [0.2, 0.25) is 0 Å². The van der Waals surface area contributed by atoms with Gasteiger partial charge >= 0.3 is 0 Å². The fourth-order valence-corrected chi connectivity index (χ4v) is 3.68. The Morgan fingerprint density at radius 2 is 2.00 bits per heavy atom. The molecule has 140 valence electrons. The molecular weight excluding hydrogens is 350 g/mol. The highest BCUT2D eigenvalue weighted by Crippen LogP contribution is 2.24. The van der Waals surface area contributed by atoms with E-state index in [4.69, 9.17) is 9.26 Å². The summed E-state index contributed by atoms with van der Waals surface area (Å²) in [5, 5.41) is 7.43. The zero-order valence-electron chi connectivity index (χ0n) is 15.2. The number of benzene rings is 1. The molecule has 1 amide bonds. The molecule has 1 aliphatic rings. The Kier molecular flexibility index (Phi) is 6.68. The second-order valence-electron chi connectivity index (χ2n) is 6.70. The average Bonchev–Trinajstić information content (AvgIpc) is 3.11. The van der Waals surface area contributed by atoms with Gasteiger partial charge in [-0.15, -0.1) is 11.8 Å². The number of thioether (sulfide) groups is 1. The lowest BCUT2D eigenvalue weighted by atomic mass is 10.00. The quantitative estimate of drug-likeness (QED) is 0.748. The Bertz CT molecular complexity index is 709. The second-order valence-corrected chi connectivity index (χ2v) is 8.35. The first-order chi connectivity index (χ1) is 12.6. The van der Waals surface area contributed by atoms with E-state index in [0.29, 0.717) is 23.5 Å². The number of carbonyl (C=O) groups is 1. The van der Waals surface area contributed by atoms with Crippen molar-refractivity contribution in [1.82, 2.24) is 15.5 Å². The van der Waals surface area contributed by atoms with Gasteiger partial charge in [0.15, 0.2) is 5.82 Å². The number of rotatable bonds is 7. The molecule has 0 bridgehead atoms. The molecule has 1 aromatic carbocycles. The summed E-state index contributed by atoms with van der Waals surface area (Å²) in [5.41, 5.74) is 0.990. The van der Waals surface area contributed by atoms with Crippen molar-refractivity contribution in [2.24, 2.45) is 0 Å². The summed E-state index contributed by atoms with van der Waals surface area (Å²) in [5.74, 6) is 1.40. The van der Waals surface area contributed by atoms with Crippen LogP contribution in [-0.2, 0) is 22.5 Å². The van der Waals surface area contributed by atoms with Crippen molar-refractivity contribution in [3.05, 3.63) is 41.5 Å². The van der Waals surface area contributed by atoms with Crippen LogP contribution in [0.1, 0.15) is 49.9 Å². The number of ether oxygens (including phenoxy) is 1. The van der Waals surface area contributed by atoms with E-state index in [2.05, 4.69) is 41.4 Å². The van der Waals surface area contributed by atoms with Crippen molar-refractivity contribution in [2.75, 3.05) is 13.2 Å². The van der Waals surface area contributed by atoms with E-state index < -0.39 is 0 Å². The first-order valence-electron chi connectivity index (χ1n) is 9.02. The summed E-state index contributed by atoms with van der Waals surface area (Å²) >= 11 is 1.81. The van der Waals surface area contributed by atoms with Crippen LogP contribution in [0.15, 0.2) is 33.7 Å². The number of nitrogens with zero attached hydrogens (tertiary/aromatic N) is 2. The molecule has 2 aromatic rings. The molecule has 0 saturated carbocycles. The van der Waals surface area contributed by atoms with E-state index in [-0.39, 0.29) is 12.5 Å². The molecule has 0 unspecified atom stereocenters. The van der Waals surface area contributed by atoms with Crippen LogP contribution >= 0.6 is 11.8 Å². The Labute approximate surface area is 158 Å². The molecule has 0 atom stereocenters. The highest BCUT2D eigenvalue weighted by atomic mass is 32.2. The van der Waals surface area contributed by atoms with Crippen molar-refractivity contribution >= 4 is 17.7 Å². The first-order valence-corrected chi connectivity index (χ1v) is 9.90. The van der Waals surface area contributed by atoms with Crippen LogP contribution in [0, 0.1) is 0 Å². The highest BCUT2D eigenvalue weighted by Gasteiger charge is 2.21. The normalized spacial score (nSPS) is 15.3. The summed E-state index contributed by atoms with van der Waals surface area (Å²) < 4.78 is 10.6. The van der Waals surface area contributed by atoms with Gasteiger partial charge in [-0.2, -0.15) is 4.98 Å². The van der Waals surface area contributed by atoms with Gasteiger partial charge in [-0.25, -0.2) is 0 Å². The average molecular weight is 375 g/mol. The first kappa shape index (κ1) is 18.9. The number of hydrogen-bond donors (Lipinski definition) is 1. The maximum atomic E-state index is 12.1. The maximum absolute atomic E-state index is 12.1. The topological polar surface area (TPSA) is 77.2 Å². The number of amides is 1. The van der Waals surface area contributed by atoms with Crippen molar-refractivity contribution < 1.29 is 14.1 Å². The van der Waals surface area contributed by atoms with Gasteiger partial charge in [-0.05, 0) is 30.5 Å². The van der Waals surface area contributed by atoms with Crippen molar-refractivity contribution in [3.63, 3.8) is 0 Å². The van der Waals surface area contributed by atoms with E-state index in [1.165, 1.54) is 4.90 Å². The molecule has 0 spiro atoms. The van der Waals surface area contributed by atoms with E-state index in [0.717, 1.165) is 37.4 Å². The summed E-state index contributed by atoms with van der Waals surface area (Å²) in [6.07, 6.45) is 2.17. The molecule has 3 rings (SSSR count). The number of carbonyl (C=O) groups excluding carboxylic acids is 1. The zero-order chi connectivity index (χ0) is 18.4. The van der Waals surface area contributed by atoms with Gasteiger partial charge in [0, 0.05) is 29.3 Å². The monoisotopic (exact) mass is 375 g/mol. The number of aromatic nitrogens is 2. The molecule has 7 heteroatoms. The Balaban J connectivity index is 1.46. The zero-order valence-corrected chi connectivity index (χ0v) is 16.1. The summed E-state index contributed by atoms with van der Waals surface area (Å²) in [6, 6.07) is 8.12. The lowest BCUT2D eigenvalue weighted by Gasteiger charge is -2.18. The maximum Gasteiger partial charge on any atom is 0.246 e. The smallest absolute Gasteiger partial charge is 0.246 e. The third kappa shape index (κ3) is 5.57. The van der Waals surface area contributed by atoms with E-state index in [9.17, 15) is 4.79 Å². The van der Waals surface area contributed by atoms with Gasteiger partial charge in [0.25, 0.3) is 0 Å². The predicted octanol–water partition coefficient (Wildman–Crippen LogP) is 3.32. The van der Waals surface area contributed by atoms with Gasteiger partial charge in [0.1, 0.15) is 0 Å². The van der Waals surface area contributed by atoms with Gasteiger partial charge in [-0.1, -0.05) is 31.1 Å². The van der Waals surface area contributed by atoms with Crippen molar-refractivity contribution in [2.45, 2.75) is 55.7 Å². The van der Waals surface area contributed by atoms with E-state index in [1.807, 2.05) is 23.9 Å². The fraction of sp³-hybridized carbons (Fsp3) is 0.526. The SMILES string of the molecule is CC(C)Sc1ccc(CC(=O)NCc2nc(C3CCOCC3)no2)cc1. The predicted molar refractivity (Wildman–Crippen MR) is 100 cm³/mol. The van der Waals surface area contributed by atoms with Gasteiger partial charge in [0.2, 0.25) is 11.8 Å². The van der Waals surface area contributed by atoms with Crippen LogP contribution in [-0.4, -0.2) is 34.5 Å². The van der Waals surface area contributed by atoms with Crippen LogP contribution in [0.5, 0.6) is 0 Å².